The predicted molar refractivity (Wildman–Crippen MR) is 156 cm³/mol. The fraction of sp³-hybridized carbons (Fsp3) is 0.333. The van der Waals surface area contributed by atoms with Gasteiger partial charge >= 0.3 is 0 Å². The Balaban J connectivity index is 2.04. The molecule has 0 aliphatic rings. The third-order valence-corrected chi connectivity index (χ3v) is 8.68. The van der Waals surface area contributed by atoms with Gasteiger partial charge in [-0.05, 0) is 69.5 Å². The molecule has 0 saturated heterocycles. The van der Waals surface area contributed by atoms with Gasteiger partial charge < -0.3 is 10.2 Å². The maximum absolute atomic E-state index is 13.9. The lowest BCUT2D eigenvalue weighted by molar-refractivity contribution is -0.139. The third-order valence-electron chi connectivity index (χ3n) is 6.48. The first-order valence-electron chi connectivity index (χ1n) is 12.9. The molecule has 0 fully saturated rings. The molecule has 0 aliphatic heterocycles. The van der Waals surface area contributed by atoms with Crippen molar-refractivity contribution >= 4 is 39.1 Å². The summed E-state index contributed by atoms with van der Waals surface area (Å²) in [6.45, 7) is 9.35. The molecule has 0 aliphatic carbocycles. The molecule has 208 valence electrons. The number of nitrogens with zero attached hydrogens (tertiary/aromatic N) is 2. The zero-order valence-electron chi connectivity index (χ0n) is 23.1. The van der Waals surface area contributed by atoms with Crippen LogP contribution in [0.4, 0.5) is 5.69 Å². The zero-order chi connectivity index (χ0) is 28.7. The first-order valence-corrected chi connectivity index (χ1v) is 14.7. The van der Waals surface area contributed by atoms with Crippen molar-refractivity contribution in [3.63, 3.8) is 0 Å². The number of rotatable bonds is 11. The van der Waals surface area contributed by atoms with Gasteiger partial charge in [-0.1, -0.05) is 72.1 Å². The number of halogens is 1. The molecule has 0 radical (unpaired) electrons. The number of aryl methyl sites for hydroxylation is 3. The Morgan fingerprint density at radius 1 is 0.949 bits per heavy atom. The first kappa shape index (κ1) is 30.2. The summed E-state index contributed by atoms with van der Waals surface area (Å²) in [6, 6.07) is 18.2. The maximum Gasteiger partial charge on any atom is 0.264 e. The number of hydrogen-bond acceptors (Lipinski definition) is 4. The Bertz CT molecular complexity index is 1420. The molecule has 2 amide bonds. The quantitative estimate of drug-likeness (QED) is 0.335. The summed E-state index contributed by atoms with van der Waals surface area (Å²) >= 11 is 6.37. The molecule has 1 N–H and O–H groups in total. The third kappa shape index (κ3) is 7.61. The van der Waals surface area contributed by atoms with Crippen molar-refractivity contribution in [3.05, 3.63) is 94.0 Å². The van der Waals surface area contributed by atoms with Gasteiger partial charge in [-0.25, -0.2) is 8.42 Å². The van der Waals surface area contributed by atoms with E-state index >= 15 is 0 Å². The number of amides is 2. The Hall–Kier alpha value is -3.36. The average molecular weight is 570 g/mol. The SMILES string of the molecule is CCCNC(=O)[C@H](C)N(Cc1cccc(C)c1)C(=O)CN(c1ccc(C)c(Cl)c1)S(=O)(=O)c1ccc(C)cc1. The number of anilines is 1. The maximum atomic E-state index is 13.9. The fourth-order valence-corrected chi connectivity index (χ4v) is 5.67. The van der Waals surface area contributed by atoms with Crippen LogP contribution >= 0.6 is 11.6 Å². The predicted octanol–water partition coefficient (Wildman–Crippen LogP) is 5.40. The minimum atomic E-state index is -4.14. The van der Waals surface area contributed by atoms with Crippen molar-refractivity contribution in [3.8, 4) is 0 Å². The number of nitrogens with one attached hydrogen (secondary N) is 1. The lowest BCUT2D eigenvalue weighted by atomic mass is 10.1. The second kappa shape index (κ2) is 13.1. The van der Waals surface area contributed by atoms with Crippen LogP contribution in [-0.2, 0) is 26.2 Å². The van der Waals surface area contributed by atoms with Crippen LogP contribution in [0.1, 0.15) is 42.5 Å². The van der Waals surface area contributed by atoms with E-state index in [0.29, 0.717) is 11.6 Å². The van der Waals surface area contributed by atoms with Gasteiger partial charge in [0.1, 0.15) is 12.6 Å². The largest absolute Gasteiger partial charge is 0.354 e. The van der Waals surface area contributed by atoms with Crippen LogP contribution in [0.15, 0.2) is 71.6 Å². The van der Waals surface area contributed by atoms with Crippen LogP contribution in [0, 0.1) is 20.8 Å². The van der Waals surface area contributed by atoms with E-state index in [4.69, 9.17) is 11.6 Å². The molecule has 0 unspecified atom stereocenters. The molecule has 0 spiro atoms. The molecule has 0 heterocycles. The molecule has 3 aromatic rings. The van der Waals surface area contributed by atoms with E-state index in [1.807, 2.05) is 52.0 Å². The van der Waals surface area contributed by atoms with Gasteiger partial charge in [0.25, 0.3) is 10.0 Å². The normalized spacial score (nSPS) is 12.1. The number of benzene rings is 3. The van der Waals surface area contributed by atoms with Crippen molar-refractivity contribution < 1.29 is 18.0 Å². The molecule has 0 aromatic heterocycles. The Labute approximate surface area is 236 Å². The molecule has 7 nitrogen and oxygen atoms in total. The average Bonchev–Trinajstić information content (AvgIpc) is 2.90. The van der Waals surface area contributed by atoms with E-state index in [0.717, 1.165) is 33.0 Å². The fourth-order valence-electron chi connectivity index (χ4n) is 4.09. The van der Waals surface area contributed by atoms with E-state index in [-0.39, 0.29) is 23.0 Å². The number of sulfonamides is 1. The highest BCUT2D eigenvalue weighted by Gasteiger charge is 2.32. The van der Waals surface area contributed by atoms with Crippen LogP contribution in [0.5, 0.6) is 0 Å². The highest BCUT2D eigenvalue weighted by atomic mass is 35.5. The van der Waals surface area contributed by atoms with Gasteiger partial charge in [-0.2, -0.15) is 0 Å². The minimum Gasteiger partial charge on any atom is -0.354 e. The van der Waals surface area contributed by atoms with Crippen molar-refractivity contribution in [2.75, 3.05) is 17.4 Å². The van der Waals surface area contributed by atoms with E-state index in [9.17, 15) is 18.0 Å². The van der Waals surface area contributed by atoms with Crippen LogP contribution in [0.3, 0.4) is 0 Å². The summed E-state index contributed by atoms with van der Waals surface area (Å²) in [6.07, 6.45) is 0.751. The summed E-state index contributed by atoms with van der Waals surface area (Å²) in [5, 5.41) is 3.22. The van der Waals surface area contributed by atoms with E-state index < -0.39 is 28.5 Å². The molecule has 3 rings (SSSR count). The summed E-state index contributed by atoms with van der Waals surface area (Å²) in [5.41, 5.74) is 3.80. The highest BCUT2D eigenvalue weighted by molar-refractivity contribution is 7.92. The van der Waals surface area contributed by atoms with Crippen LogP contribution in [0.25, 0.3) is 0 Å². The molecule has 3 aromatic carbocycles. The van der Waals surface area contributed by atoms with Gasteiger partial charge in [0.15, 0.2) is 0 Å². The smallest absolute Gasteiger partial charge is 0.264 e. The van der Waals surface area contributed by atoms with Gasteiger partial charge in [-0.3, -0.25) is 13.9 Å². The molecule has 9 heteroatoms. The molecule has 0 bridgehead atoms. The Kier molecular flexibility index (Phi) is 10.2. The lowest BCUT2D eigenvalue weighted by Crippen LogP contribution is -2.51. The monoisotopic (exact) mass is 569 g/mol. The number of carbonyl (C=O) groups is 2. The summed E-state index contributed by atoms with van der Waals surface area (Å²) in [5.74, 6) is -0.813. The van der Waals surface area contributed by atoms with Crippen molar-refractivity contribution in [1.82, 2.24) is 10.2 Å². The van der Waals surface area contributed by atoms with E-state index in [1.54, 1.807) is 31.2 Å². The zero-order valence-corrected chi connectivity index (χ0v) is 24.6. The Morgan fingerprint density at radius 2 is 1.64 bits per heavy atom. The highest BCUT2D eigenvalue weighted by Crippen LogP contribution is 2.28. The molecular weight excluding hydrogens is 534 g/mol. The van der Waals surface area contributed by atoms with Gasteiger partial charge in [0.2, 0.25) is 11.8 Å². The van der Waals surface area contributed by atoms with E-state index in [2.05, 4.69) is 5.32 Å². The molecule has 0 saturated carbocycles. The summed E-state index contributed by atoms with van der Waals surface area (Å²) in [7, 11) is -4.14. The van der Waals surface area contributed by atoms with Crippen LogP contribution in [-0.4, -0.2) is 44.3 Å². The lowest BCUT2D eigenvalue weighted by Gasteiger charge is -2.32. The van der Waals surface area contributed by atoms with Crippen LogP contribution in [0.2, 0.25) is 5.02 Å². The molecular formula is C30H36ClN3O4S. The van der Waals surface area contributed by atoms with Crippen molar-refractivity contribution in [1.29, 1.82) is 0 Å². The van der Waals surface area contributed by atoms with Gasteiger partial charge in [0.05, 0.1) is 10.6 Å². The minimum absolute atomic E-state index is 0.0524. The second-order valence-corrected chi connectivity index (χ2v) is 12.0. The Morgan fingerprint density at radius 3 is 2.26 bits per heavy atom. The van der Waals surface area contributed by atoms with Crippen LogP contribution < -0.4 is 9.62 Å². The van der Waals surface area contributed by atoms with Crippen molar-refractivity contribution in [2.24, 2.45) is 0 Å². The first-order chi connectivity index (χ1) is 18.4. The summed E-state index contributed by atoms with van der Waals surface area (Å²) in [4.78, 5) is 28.3. The molecule has 39 heavy (non-hydrogen) atoms. The topological polar surface area (TPSA) is 86.8 Å². The van der Waals surface area contributed by atoms with Gasteiger partial charge in [0, 0.05) is 18.1 Å². The molecule has 1 atom stereocenters. The number of carbonyl (C=O) groups excluding carboxylic acids is 2. The summed E-state index contributed by atoms with van der Waals surface area (Å²) < 4.78 is 28.8. The standard InChI is InChI=1S/C30H36ClN3O4S/c1-6-16-32-30(36)24(5)33(19-25-9-7-8-22(3)17-25)29(35)20-34(26-13-12-23(4)28(31)18-26)39(37,38)27-14-10-21(2)11-15-27/h7-15,17-18,24H,6,16,19-20H2,1-5H3,(H,32,36)/t24-/m0/s1. The van der Waals surface area contributed by atoms with E-state index in [1.165, 1.54) is 23.1 Å². The second-order valence-electron chi connectivity index (χ2n) is 9.74. The van der Waals surface area contributed by atoms with Crippen molar-refractivity contribution in [2.45, 2.75) is 58.5 Å². The number of hydrogen-bond donors (Lipinski definition) is 1. The van der Waals surface area contributed by atoms with Gasteiger partial charge in [-0.15, -0.1) is 0 Å².